The Labute approximate surface area is 234 Å². The summed E-state index contributed by atoms with van der Waals surface area (Å²) in [7, 11) is 14.7. The molecule has 0 heterocycles. The standard InChI is InChI=1S/C23H39B4N3O5S2/c1-14(31)8-9-23(4,28)35-11-10-22(2,3)21(34)30-16(20(33)27-25)13-37-18-7-6-17(18)36-12-15(29-5)19(32)26-24/h15-18,29H,6-13,28H2,1-5H3,(H,30,34). The molecule has 0 aromatic heterocycles. The van der Waals surface area contributed by atoms with Crippen molar-refractivity contribution in [2.75, 3.05) is 25.2 Å². The number of Topliss-reactive ketones (excluding diaryl/α,β-unsaturated/α-hetero) is 1. The highest BCUT2D eigenvalue weighted by atomic mass is 32.2. The maximum atomic E-state index is 13.0. The number of carbonyl (C=O) groups is 4. The zero-order valence-corrected chi connectivity index (χ0v) is 24.3. The van der Waals surface area contributed by atoms with Crippen LogP contribution in [0.15, 0.2) is 0 Å². The van der Waals surface area contributed by atoms with Gasteiger partial charge in [0.25, 0.3) is 0 Å². The maximum absolute atomic E-state index is 13.0. The third-order valence-corrected chi connectivity index (χ3v) is 9.73. The van der Waals surface area contributed by atoms with Gasteiger partial charge in [0.1, 0.15) is 25.8 Å². The van der Waals surface area contributed by atoms with E-state index in [1.807, 2.05) is 0 Å². The molecule has 0 saturated heterocycles. The van der Waals surface area contributed by atoms with Crippen molar-refractivity contribution in [1.29, 1.82) is 0 Å². The number of ketones is 1. The van der Waals surface area contributed by atoms with Crippen molar-refractivity contribution in [1.82, 2.24) is 10.6 Å². The van der Waals surface area contributed by atoms with E-state index in [4.69, 9.17) is 25.9 Å². The highest BCUT2D eigenvalue weighted by Crippen LogP contribution is 2.40. The van der Waals surface area contributed by atoms with E-state index in [1.165, 1.54) is 6.92 Å². The summed E-state index contributed by atoms with van der Waals surface area (Å²) < 4.78 is 5.73. The monoisotopic (exact) mass is 545 g/mol. The summed E-state index contributed by atoms with van der Waals surface area (Å²) >= 11 is 3.36. The molecule has 1 saturated carbocycles. The molecule has 0 bridgehead atoms. The van der Waals surface area contributed by atoms with Crippen LogP contribution in [0.3, 0.4) is 0 Å². The molecule has 0 aromatic carbocycles. The molecule has 1 rings (SSSR count). The largest absolute Gasteiger partial charge is 0.361 e. The Morgan fingerprint density at radius 3 is 1.97 bits per heavy atom. The van der Waals surface area contributed by atoms with Crippen LogP contribution in [0.25, 0.3) is 0 Å². The molecule has 6 radical (unpaired) electrons. The van der Waals surface area contributed by atoms with E-state index in [0.29, 0.717) is 41.3 Å². The third kappa shape index (κ3) is 12.4. The Hall–Kier alpha value is -0.680. The molecule has 0 aromatic rings. The number of hydrogen-bond donors (Lipinski definition) is 3. The molecule has 5 unspecified atom stereocenters. The number of ether oxygens (including phenoxy) is 1. The predicted octanol–water partition coefficient (Wildman–Crippen LogP) is 0.162. The smallest absolute Gasteiger partial charge is 0.226 e. The molecule has 5 atom stereocenters. The van der Waals surface area contributed by atoms with Crippen LogP contribution in [0.4, 0.5) is 0 Å². The number of nitrogens with two attached hydrogens (primary N) is 1. The second-order valence-electron chi connectivity index (χ2n) is 10.3. The van der Waals surface area contributed by atoms with E-state index in [0.717, 1.165) is 27.2 Å². The lowest BCUT2D eigenvalue weighted by molar-refractivity contribution is -0.133. The summed E-state index contributed by atoms with van der Waals surface area (Å²) in [6.07, 6.45) is 3.16. The normalized spacial score (nSPS) is 20.6. The second-order valence-corrected chi connectivity index (χ2v) is 12.9. The first-order chi connectivity index (χ1) is 17.3. The third-order valence-electron chi connectivity index (χ3n) is 6.52. The summed E-state index contributed by atoms with van der Waals surface area (Å²) in [5, 5.41) is 6.53. The van der Waals surface area contributed by atoms with E-state index in [2.05, 4.69) is 10.6 Å². The molecule has 0 aliphatic heterocycles. The van der Waals surface area contributed by atoms with Crippen LogP contribution in [-0.2, 0) is 23.9 Å². The van der Waals surface area contributed by atoms with E-state index < -0.39 is 17.2 Å². The molecule has 1 fully saturated rings. The lowest BCUT2D eigenvalue weighted by Gasteiger charge is -2.37. The van der Waals surface area contributed by atoms with Gasteiger partial charge in [0.2, 0.25) is 5.91 Å². The van der Waals surface area contributed by atoms with Gasteiger partial charge in [-0.15, -0.1) is 0 Å². The zero-order chi connectivity index (χ0) is 28.2. The van der Waals surface area contributed by atoms with Crippen molar-refractivity contribution in [2.45, 2.75) is 88.1 Å². The lowest BCUT2D eigenvalue weighted by Crippen LogP contribution is -2.50. The minimum absolute atomic E-state index is 0.0413. The first-order valence-electron chi connectivity index (χ1n) is 12.6. The van der Waals surface area contributed by atoms with Crippen LogP contribution in [0.5, 0.6) is 0 Å². The van der Waals surface area contributed by atoms with Gasteiger partial charge in [-0.1, -0.05) is 13.8 Å². The van der Waals surface area contributed by atoms with Crippen molar-refractivity contribution >= 4 is 76.4 Å². The van der Waals surface area contributed by atoms with Gasteiger partial charge in [-0.25, -0.2) is 0 Å². The Morgan fingerprint density at radius 2 is 1.51 bits per heavy atom. The fourth-order valence-corrected chi connectivity index (χ4v) is 6.73. The molecular weight excluding hydrogens is 506 g/mol. The summed E-state index contributed by atoms with van der Waals surface area (Å²) in [5.74, 6) is 0.795. The lowest BCUT2D eigenvalue weighted by atomic mass is 9.51. The molecule has 1 amide bonds. The fourth-order valence-electron chi connectivity index (χ4n) is 3.50. The first kappa shape index (κ1) is 34.3. The van der Waals surface area contributed by atoms with Crippen LogP contribution >= 0.6 is 23.5 Å². The molecule has 1 aliphatic carbocycles. The summed E-state index contributed by atoms with van der Waals surface area (Å²) in [6.45, 7) is 7.03. The van der Waals surface area contributed by atoms with Gasteiger partial charge in [0, 0.05) is 55.9 Å². The van der Waals surface area contributed by atoms with Crippen molar-refractivity contribution in [3.05, 3.63) is 0 Å². The topological polar surface area (TPSA) is 128 Å². The predicted molar refractivity (Wildman–Crippen MR) is 156 cm³/mol. The van der Waals surface area contributed by atoms with Crippen LogP contribution in [-0.4, -0.2) is 106 Å². The van der Waals surface area contributed by atoms with Crippen molar-refractivity contribution in [3.63, 3.8) is 0 Å². The van der Waals surface area contributed by atoms with Crippen molar-refractivity contribution in [2.24, 2.45) is 11.1 Å². The fraction of sp³-hybridized carbons (Fsp3) is 0.826. The molecule has 14 heteroatoms. The minimum Gasteiger partial charge on any atom is -0.361 e. The van der Waals surface area contributed by atoms with Crippen LogP contribution in [0, 0.1) is 5.41 Å². The van der Waals surface area contributed by atoms with E-state index >= 15 is 0 Å². The highest BCUT2D eigenvalue weighted by molar-refractivity contribution is 8.04. The van der Waals surface area contributed by atoms with Crippen LogP contribution in [0.1, 0.15) is 59.8 Å². The van der Waals surface area contributed by atoms with Gasteiger partial charge in [-0.2, -0.15) is 23.5 Å². The highest BCUT2D eigenvalue weighted by Gasteiger charge is 2.35. The average Bonchev–Trinajstić information content (AvgIpc) is 2.82. The average molecular weight is 545 g/mol. The van der Waals surface area contributed by atoms with E-state index in [1.54, 1.807) is 51.3 Å². The Kier molecular flexibility index (Phi) is 15.3. The van der Waals surface area contributed by atoms with E-state index in [-0.39, 0.29) is 35.7 Å². The van der Waals surface area contributed by atoms with Gasteiger partial charge in [-0.05, 0) is 46.6 Å². The van der Waals surface area contributed by atoms with Crippen LogP contribution in [0.2, 0.25) is 0 Å². The second kappa shape index (κ2) is 16.4. The quantitative estimate of drug-likeness (QED) is 0.145. The van der Waals surface area contributed by atoms with Crippen molar-refractivity contribution < 1.29 is 23.9 Å². The number of likely N-dealkylation sites (N-methyl/N-ethyl adjacent to an activating group) is 1. The first-order valence-corrected chi connectivity index (χ1v) is 14.7. The van der Waals surface area contributed by atoms with Gasteiger partial charge in [0.05, 0.1) is 23.4 Å². The number of carbonyl (C=O) groups excluding carboxylic acids is 4. The van der Waals surface area contributed by atoms with Gasteiger partial charge >= 0.3 is 0 Å². The number of amides is 1. The van der Waals surface area contributed by atoms with Crippen LogP contribution < -0.4 is 16.4 Å². The number of nitrogens with one attached hydrogen (secondary N) is 2. The number of rotatable bonds is 20. The molecule has 4 N–H and O–H groups in total. The summed E-state index contributed by atoms with van der Waals surface area (Å²) in [5.41, 5.74) is 3.87. The molecular formula is C23H39B4N3O5S2. The van der Waals surface area contributed by atoms with Crippen molar-refractivity contribution in [3.8, 4) is 0 Å². The zero-order valence-electron chi connectivity index (χ0n) is 22.7. The summed E-state index contributed by atoms with van der Waals surface area (Å²) in [4.78, 5) is 48.6. The molecule has 37 heavy (non-hydrogen) atoms. The van der Waals surface area contributed by atoms with E-state index in [9.17, 15) is 19.2 Å². The Morgan fingerprint density at radius 1 is 1.00 bits per heavy atom. The summed E-state index contributed by atoms with van der Waals surface area (Å²) in [6, 6.07) is -1.05. The van der Waals surface area contributed by atoms with Gasteiger partial charge < -0.3 is 35.5 Å². The Bertz CT molecular complexity index is 791. The SMILES string of the molecule is [B][B]C(=O)C(CSC1CCC1SCC(NC(=O)C(C)(C)CCOC(C)(N)CCC(C)=O)C(=O)[B][B])NC. The molecule has 8 nitrogen and oxygen atoms in total. The molecule has 0 spiro atoms. The molecule has 1 aliphatic rings. The maximum Gasteiger partial charge on any atom is 0.226 e. The van der Waals surface area contributed by atoms with Gasteiger partial charge in [0.15, 0.2) is 0 Å². The van der Waals surface area contributed by atoms with Gasteiger partial charge in [-0.3, -0.25) is 4.79 Å². The Balaban J connectivity index is 2.59. The molecule has 200 valence electrons. The minimum atomic E-state index is -0.956. The number of hydrogen-bond acceptors (Lipinski definition) is 9. The number of thioether (sulfide) groups is 2.